The SMILES string of the molecule is CNC1CCCN(C(=O)C(C)Oc2cc(C)ccc2C(C)C)C1.Cl. The van der Waals surface area contributed by atoms with Crippen molar-refractivity contribution in [2.75, 3.05) is 20.1 Å². The lowest BCUT2D eigenvalue weighted by atomic mass is 10.0. The van der Waals surface area contributed by atoms with Gasteiger partial charge in [0.25, 0.3) is 5.91 Å². The molecule has 0 aliphatic carbocycles. The third-order valence-corrected chi connectivity index (χ3v) is 4.58. The predicted molar refractivity (Wildman–Crippen MR) is 101 cm³/mol. The van der Waals surface area contributed by atoms with Gasteiger partial charge in [-0.3, -0.25) is 4.79 Å². The van der Waals surface area contributed by atoms with Crippen LogP contribution in [0.5, 0.6) is 5.75 Å². The number of nitrogens with one attached hydrogen (secondary N) is 1. The third-order valence-electron chi connectivity index (χ3n) is 4.58. The second-order valence-corrected chi connectivity index (χ2v) is 6.87. The number of hydrogen-bond acceptors (Lipinski definition) is 3. The molecule has 0 radical (unpaired) electrons. The van der Waals surface area contributed by atoms with Crippen LogP contribution in [0, 0.1) is 6.92 Å². The summed E-state index contributed by atoms with van der Waals surface area (Å²) in [5.74, 6) is 1.29. The Labute approximate surface area is 152 Å². The van der Waals surface area contributed by atoms with Crippen molar-refractivity contribution in [2.24, 2.45) is 0 Å². The molecule has 2 unspecified atom stereocenters. The Morgan fingerprint density at radius 2 is 2.04 bits per heavy atom. The zero-order valence-corrected chi connectivity index (χ0v) is 16.3. The smallest absolute Gasteiger partial charge is 0.263 e. The molecule has 1 aliphatic rings. The van der Waals surface area contributed by atoms with Crippen molar-refractivity contribution < 1.29 is 9.53 Å². The Morgan fingerprint density at radius 3 is 2.67 bits per heavy atom. The van der Waals surface area contributed by atoms with E-state index in [9.17, 15) is 4.79 Å². The Morgan fingerprint density at radius 1 is 1.33 bits per heavy atom. The summed E-state index contributed by atoms with van der Waals surface area (Å²) in [5.41, 5.74) is 2.30. The molecule has 2 atom stereocenters. The van der Waals surface area contributed by atoms with Crippen molar-refractivity contribution in [3.05, 3.63) is 29.3 Å². The Kier molecular flexibility index (Phi) is 8.04. The van der Waals surface area contributed by atoms with Crippen LogP contribution >= 0.6 is 12.4 Å². The van der Waals surface area contributed by atoms with Crippen LogP contribution in [0.4, 0.5) is 0 Å². The molecule has 5 heteroatoms. The number of benzene rings is 1. The molecule has 1 amide bonds. The van der Waals surface area contributed by atoms with Gasteiger partial charge in [0.1, 0.15) is 5.75 Å². The molecular weight excluding hydrogens is 324 g/mol. The van der Waals surface area contributed by atoms with Gasteiger partial charge in [-0.2, -0.15) is 0 Å². The second kappa shape index (κ2) is 9.28. The van der Waals surface area contributed by atoms with Gasteiger partial charge in [0.05, 0.1) is 0 Å². The van der Waals surface area contributed by atoms with Gasteiger partial charge in [-0.05, 0) is 56.8 Å². The Hall–Kier alpha value is -1.26. The number of rotatable bonds is 5. The number of likely N-dealkylation sites (N-methyl/N-ethyl adjacent to an activating group) is 1. The van der Waals surface area contributed by atoms with E-state index in [-0.39, 0.29) is 18.3 Å². The summed E-state index contributed by atoms with van der Waals surface area (Å²) in [6.07, 6.45) is 1.72. The maximum absolute atomic E-state index is 12.7. The van der Waals surface area contributed by atoms with Gasteiger partial charge in [0, 0.05) is 19.1 Å². The Balaban J connectivity index is 0.00000288. The van der Waals surface area contributed by atoms with Gasteiger partial charge < -0.3 is 15.0 Å². The number of aryl methyl sites for hydroxylation is 1. The highest BCUT2D eigenvalue weighted by Crippen LogP contribution is 2.28. The maximum Gasteiger partial charge on any atom is 0.263 e. The minimum atomic E-state index is -0.454. The van der Waals surface area contributed by atoms with Gasteiger partial charge in [-0.1, -0.05) is 26.0 Å². The molecule has 1 N–H and O–H groups in total. The first-order valence-corrected chi connectivity index (χ1v) is 8.65. The van der Waals surface area contributed by atoms with E-state index in [2.05, 4.69) is 31.3 Å². The molecule has 0 bridgehead atoms. The molecule has 0 aromatic heterocycles. The number of ether oxygens (including phenoxy) is 1. The van der Waals surface area contributed by atoms with E-state index in [0.717, 1.165) is 42.8 Å². The maximum atomic E-state index is 12.7. The molecule has 1 saturated heterocycles. The van der Waals surface area contributed by atoms with E-state index >= 15 is 0 Å². The van der Waals surface area contributed by atoms with Crippen LogP contribution in [0.3, 0.4) is 0 Å². The predicted octanol–water partition coefficient (Wildman–Crippen LogP) is 3.52. The molecule has 24 heavy (non-hydrogen) atoms. The fourth-order valence-corrected chi connectivity index (χ4v) is 3.13. The fraction of sp³-hybridized carbons (Fsp3) is 0.632. The van der Waals surface area contributed by atoms with Gasteiger partial charge >= 0.3 is 0 Å². The molecule has 2 rings (SSSR count). The molecule has 4 nitrogen and oxygen atoms in total. The van der Waals surface area contributed by atoms with E-state index in [1.165, 1.54) is 0 Å². The first-order valence-electron chi connectivity index (χ1n) is 8.65. The molecule has 1 aromatic carbocycles. The fourth-order valence-electron chi connectivity index (χ4n) is 3.13. The van der Waals surface area contributed by atoms with Crippen molar-refractivity contribution in [3.63, 3.8) is 0 Å². The first kappa shape index (κ1) is 20.8. The summed E-state index contributed by atoms with van der Waals surface area (Å²) < 4.78 is 6.06. The normalized spacial score (nSPS) is 18.9. The van der Waals surface area contributed by atoms with E-state index in [1.54, 1.807) is 0 Å². The van der Waals surface area contributed by atoms with Gasteiger partial charge in [0.15, 0.2) is 6.10 Å². The number of piperidine rings is 1. The highest BCUT2D eigenvalue weighted by molar-refractivity contribution is 5.85. The van der Waals surface area contributed by atoms with Gasteiger partial charge in [0.2, 0.25) is 0 Å². The van der Waals surface area contributed by atoms with Crippen LogP contribution in [0.25, 0.3) is 0 Å². The molecule has 1 aromatic rings. The number of carbonyl (C=O) groups excluding carboxylic acids is 1. The number of nitrogens with zero attached hydrogens (tertiary/aromatic N) is 1. The van der Waals surface area contributed by atoms with Crippen LogP contribution in [0.1, 0.15) is 50.7 Å². The lowest BCUT2D eigenvalue weighted by Crippen LogP contribution is -2.50. The van der Waals surface area contributed by atoms with E-state index in [0.29, 0.717) is 12.0 Å². The average molecular weight is 355 g/mol. The van der Waals surface area contributed by atoms with Crippen LogP contribution in [0.15, 0.2) is 18.2 Å². The summed E-state index contributed by atoms with van der Waals surface area (Å²) in [5, 5.41) is 3.27. The second-order valence-electron chi connectivity index (χ2n) is 6.87. The van der Waals surface area contributed by atoms with Crippen LogP contribution in [-0.4, -0.2) is 43.1 Å². The number of halogens is 1. The number of likely N-dealkylation sites (tertiary alicyclic amines) is 1. The summed E-state index contributed by atoms with van der Waals surface area (Å²) >= 11 is 0. The molecular formula is C19H31ClN2O2. The topological polar surface area (TPSA) is 41.6 Å². The molecule has 0 spiro atoms. The zero-order valence-electron chi connectivity index (χ0n) is 15.5. The van der Waals surface area contributed by atoms with Crippen molar-refractivity contribution in [1.29, 1.82) is 0 Å². The molecule has 1 fully saturated rings. The largest absolute Gasteiger partial charge is 0.481 e. The van der Waals surface area contributed by atoms with E-state index in [4.69, 9.17) is 4.74 Å². The summed E-state index contributed by atoms with van der Waals surface area (Å²) in [6.45, 7) is 9.80. The lowest BCUT2D eigenvalue weighted by Gasteiger charge is -2.34. The summed E-state index contributed by atoms with van der Waals surface area (Å²) in [4.78, 5) is 14.6. The Bertz CT molecular complexity index is 548. The van der Waals surface area contributed by atoms with E-state index < -0.39 is 6.10 Å². The van der Waals surface area contributed by atoms with Crippen LogP contribution in [0.2, 0.25) is 0 Å². The summed E-state index contributed by atoms with van der Waals surface area (Å²) in [6, 6.07) is 6.62. The minimum absolute atomic E-state index is 0. The van der Waals surface area contributed by atoms with Crippen LogP contribution in [-0.2, 0) is 4.79 Å². The van der Waals surface area contributed by atoms with Crippen molar-refractivity contribution in [2.45, 2.75) is 58.6 Å². The standard InChI is InChI=1S/C19H30N2O2.ClH/c1-13(2)17-9-8-14(3)11-18(17)23-15(4)19(22)21-10-6-7-16(12-21)20-5;/h8-9,11,13,15-16,20H,6-7,10,12H2,1-5H3;1H. The molecule has 136 valence electrons. The third kappa shape index (κ3) is 5.12. The van der Waals surface area contributed by atoms with E-state index in [1.807, 2.05) is 31.9 Å². The van der Waals surface area contributed by atoms with Crippen molar-refractivity contribution >= 4 is 18.3 Å². The molecule has 1 aliphatic heterocycles. The average Bonchev–Trinajstić information content (AvgIpc) is 2.53. The number of hydrogen-bond donors (Lipinski definition) is 1. The van der Waals surface area contributed by atoms with Crippen molar-refractivity contribution in [1.82, 2.24) is 10.2 Å². The summed E-state index contributed by atoms with van der Waals surface area (Å²) in [7, 11) is 1.96. The lowest BCUT2D eigenvalue weighted by molar-refractivity contribution is -0.139. The van der Waals surface area contributed by atoms with Gasteiger partial charge in [-0.25, -0.2) is 0 Å². The zero-order chi connectivity index (χ0) is 17.0. The number of amides is 1. The highest BCUT2D eigenvalue weighted by Gasteiger charge is 2.27. The quantitative estimate of drug-likeness (QED) is 0.879. The number of carbonyl (C=O) groups is 1. The first-order chi connectivity index (χ1) is 10.9. The van der Waals surface area contributed by atoms with Crippen LogP contribution < -0.4 is 10.1 Å². The van der Waals surface area contributed by atoms with Gasteiger partial charge in [-0.15, -0.1) is 12.4 Å². The monoisotopic (exact) mass is 354 g/mol. The highest BCUT2D eigenvalue weighted by atomic mass is 35.5. The minimum Gasteiger partial charge on any atom is -0.481 e. The van der Waals surface area contributed by atoms with Crippen molar-refractivity contribution in [3.8, 4) is 5.75 Å². The molecule has 0 saturated carbocycles. The molecule has 1 heterocycles.